The van der Waals surface area contributed by atoms with Crippen molar-refractivity contribution in [2.75, 3.05) is 5.32 Å². The molecule has 4 rings (SSSR count). The molecule has 1 N–H and O–H groups in total. The summed E-state index contributed by atoms with van der Waals surface area (Å²) in [5.41, 5.74) is 1.17. The van der Waals surface area contributed by atoms with E-state index in [-0.39, 0.29) is 11.5 Å². The summed E-state index contributed by atoms with van der Waals surface area (Å²) in [5, 5.41) is 6.53. The number of hydrogen-bond donors (Lipinski definition) is 1. The fraction of sp³-hybridized carbons (Fsp3) is 0.0833. The highest BCUT2D eigenvalue weighted by molar-refractivity contribution is 5.96. The molecule has 0 spiro atoms. The summed E-state index contributed by atoms with van der Waals surface area (Å²) in [6, 6.07) is 21.0. The summed E-state index contributed by atoms with van der Waals surface area (Å²) in [7, 11) is 0. The van der Waals surface area contributed by atoms with Crippen molar-refractivity contribution < 1.29 is 23.1 Å². The van der Waals surface area contributed by atoms with Crippen molar-refractivity contribution >= 4 is 17.6 Å². The molecule has 7 nitrogen and oxygen atoms in total. The molecule has 0 aliphatic heterocycles. The van der Waals surface area contributed by atoms with Gasteiger partial charge in [-0.15, -0.1) is 5.10 Å². The van der Waals surface area contributed by atoms with Crippen LogP contribution in [0.15, 0.2) is 78.9 Å². The Morgan fingerprint density at radius 3 is 2.30 bits per heavy atom. The first kappa shape index (κ1) is 21.8. The zero-order valence-corrected chi connectivity index (χ0v) is 17.4. The highest BCUT2D eigenvalue weighted by Gasteiger charge is 2.25. The van der Waals surface area contributed by atoms with Crippen molar-refractivity contribution in [3.63, 3.8) is 0 Å². The van der Waals surface area contributed by atoms with Gasteiger partial charge in [-0.1, -0.05) is 48.5 Å². The lowest BCUT2D eigenvalue weighted by Crippen LogP contribution is -2.30. The van der Waals surface area contributed by atoms with Crippen LogP contribution in [0.1, 0.15) is 17.5 Å². The van der Waals surface area contributed by atoms with Crippen LogP contribution in [0.5, 0.6) is 0 Å². The lowest BCUT2D eigenvalue weighted by atomic mass is 10.2. The number of carbonyl (C=O) groups excluding carboxylic acids is 2. The van der Waals surface area contributed by atoms with E-state index in [0.29, 0.717) is 17.6 Å². The Kier molecular flexibility index (Phi) is 6.21. The predicted octanol–water partition coefficient (Wildman–Crippen LogP) is 4.40. The average Bonchev–Trinajstić information content (AvgIpc) is 3.28. The molecule has 1 unspecified atom stereocenters. The molecule has 0 fully saturated rings. The standard InChI is InChI=1S/C24H18F2N4O3/c1-15(23(31)27-20-13-12-17(25)14-19(20)26)33-24(32)21-28-22(16-8-4-2-5-9-16)30(29-21)18-10-6-3-7-11-18/h2-15H,1H3,(H,27,31). The van der Waals surface area contributed by atoms with Gasteiger partial charge in [0, 0.05) is 11.6 Å². The van der Waals surface area contributed by atoms with Crippen molar-refractivity contribution in [3.8, 4) is 17.1 Å². The van der Waals surface area contributed by atoms with E-state index >= 15 is 0 Å². The number of hydrogen-bond acceptors (Lipinski definition) is 5. The first-order valence-electron chi connectivity index (χ1n) is 9.97. The Labute approximate surface area is 187 Å². The quantitative estimate of drug-likeness (QED) is 0.442. The molecule has 0 saturated heterocycles. The largest absolute Gasteiger partial charge is 0.447 e. The third-order valence-corrected chi connectivity index (χ3v) is 4.66. The Morgan fingerprint density at radius 2 is 1.64 bits per heavy atom. The van der Waals surface area contributed by atoms with Gasteiger partial charge in [0.25, 0.3) is 11.7 Å². The molecule has 4 aromatic rings. The second-order valence-corrected chi connectivity index (χ2v) is 7.03. The molecule has 9 heteroatoms. The van der Waals surface area contributed by atoms with Gasteiger partial charge in [0.2, 0.25) is 0 Å². The number of ether oxygens (including phenoxy) is 1. The van der Waals surface area contributed by atoms with E-state index in [9.17, 15) is 18.4 Å². The highest BCUT2D eigenvalue weighted by Crippen LogP contribution is 2.21. The first-order chi connectivity index (χ1) is 15.9. The van der Waals surface area contributed by atoms with Crippen molar-refractivity contribution in [1.82, 2.24) is 14.8 Å². The third-order valence-electron chi connectivity index (χ3n) is 4.66. The van der Waals surface area contributed by atoms with Gasteiger partial charge in [-0.05, 0) is 31.2 Å². The van der Waals surface area contributed by atoms with Crippen LogP contribution in [-0.4, -0.2) is 32.7 Å². The average molecular weight is 448 g/mol. The molecule has 33 heavy (non-hydrogen) atoms. The minimum Gasteiger partial charge on any atom is -0.447 e. The normalized spacial score (nSPS) is 11.6. The van der Waals surface area contributed by atoms with E-state index < -0.39 is 29.6 Å². The number of benzene rings is 3. The second-order valence-electron chi connectivity index (χ2n) is 7.03. The number of rotatable bonds is 6. The summed E-state index contributed by atoms with van der Waals surface area (Å²) in [6.45, 7) is 1.32. The Morgan fingerprint density at radius 1 is 0.970 bits per heavy atom. The minimum absolute atomic E-state index is 0.234. The van der Waals surface area contributed by atoms with Gasteiger partial charge in [0.15, 0.2) is 11.9 Å². The monoisotopic (exact) mass is 448 g/mol. The summed E-state index contributed by atoms with van der Waals surface area (Å²) in [5.74, 6) is -3.27. The first-order valence-corrected chi connectivity index (χ1v) is 9.97. The van der Waals surface area contributed by atoms with E-state index in [4.69, 9.17) is 4.74 Å². The van der Waals surface area contributed by atoms with Gasteiger partial charge in [0.1, 0.15) is 11.6 Å². The lowest BCUT2D eigenvalue weighted by molar-refractivity contribution is -0.123. The van der Waals surface area contributed by atoms with Crippen LogP contribution < -0.4 is 5.32 Å². The van der Waals surface area contributed by atoms with Gasteiger partial charge in [-0.2, -0.15) is 0 Å². The van der Waals surface area contributed by atoms with E-state index in [2.05, 4.69) is 15.4 Å². The molecule has 0 aliphatic rings. The molecule has 1 heterocycles. The SMILES string of the molecule is CC(OC(=O)c1nc(-c2ccccc2)n(-c2ccccc2)n1)C(=O)Nc1ccc(F)cc1F. The van der Waals surface area contributed by atoms with Crippen molar-refractivity contribution in [2.45, 2.75) is 13.0 Å². The third kappa shape index (κ3) is 4.93. The topological polar surface area (TPSA) is 86.1 Å². The number of esters is 1. The van der Waals surface area contributed by atoms with Crippen molar-refractivity contribution in [1.29, 1.82) is 0 Å². The molecule has 0 saturated carbocycles. The number of aromatic nitrogens is 3. The Bertz CT molecular complexity index is 1240. The maximum Gasteiger partial charge on any atom is 0.379 e. The number of halogens is 2. The smallest absolute Gasteiger partial charge is 0.379 e. The number of para-hydroxylation sites is 1. The molecule has 0 bridgehead atoms. The molecule has 0 aliphatic carbocycles. The number of amides is 1. The summed E-state index contributed by atoms with van der Waals surface area (Å²) in [4.78, 5) is 29.3. The van der Waals surface area contributed by atoms with Gasteiger partial charge in [-0.3, -0.25) is 4.79 Å². The maximum absolute atomic E-state index is 13.8. The van der Waals surface area contributed by atoms with E-state index in [1.54, 1.807) is 0 Å². The molecular weight excluding hydrogens is 430 g/mol. The number of nitrogens with zero attached hydrogens (tertiary/aromatic N) is 3. The molecule has 1 aromatic heterocycles. The molecule has 166 valence electrons. The molecule has 0 radical (unpaired) electrons. The van der Waals surface area contributed by atoms with Crippen LogP contribution in [0.2, 0.25) is 0 Å². The number of nitrogens with one attached hydrogen (secondary N) is 1. The van der Waals surface area contributed by atoms with Crippen molar-refractivity contribution in [2.24, 2.45) is 0 Å². The molecule has 1 amide bonds. The van der Waals surface area contributed by atoms with Crippen LogP contribution in [0, 0.1) is 11.6 Å². The Balaban J connectivity index is 1.55. The minimum atomic E-state index is -1.29. The zero-order valence-electron chi connectivity index (χ0n) is 17.4. The number of anilines is 1. The Hall–Kier alpha value is -4.40. The fourth-order valence-corrected chi connectivity index (χ4v) is 3.01. The van der Waals surface area contributed by atoms with Gasteiger partial charge in [-0.25, -0.2) is 23.2 Å². The predicted molar refractivity (Wildman–Crippen MR) is 117 cm³/mol. The van der Waals surface area contributed by atoms with Crippen LogP contribution in [0.3, 0.4) is 0 Å². The van der Waals surface area contributed by atoms with E-state index in [1.165, 1.54) is 11.6 Å². The molecular formula is C24H18F2N4O3. The summed E-state index contributed by atoms with van der Waals surface area (Å²) >= 11 is 0. The summed E-state index contributed by atoms with van der Waals surface area (Å²) < 4.78 is 33.5. The van der Waals surface area contributed by atoms with Gasteiger partial charge >= 0.3 is 5.97 Å². The fourth-order valence-electron chi connectivity index (χ4n) is 3.01. The van der Waals surface area contributed by atoms with Crippen LogP contribution in [0.25, 0.3) is 17.1 Å². The van der Waals surface area contributed by atoms with E-state index in [0.717, 1.165) is 17.7 Å². The molecule has 3 aromatic carbocycles. The molecule has 1 atom stereocenters. The van der Waals surface area contributed by atoms with Crippen LogP contribution >= 0.6 is 0 Å². The van der Waals surface area contributed by atoms with Gasteiger partial charge < -0.3 is 10.1 Å². The van der Waals surface area contributed by atoms with Crippen LogP contribution in [-0.2, 0) is 9.53 Å². The lowest BCUT2D eigenvalue weighted by Gasteiger charge is -2.12. The summed E-state index contributed by atoms with van der Waals surface area (Å²) in [6.07, 6.45) is -1.29. The van der Waals surface area contributed by atoms with E-state index in [1.807, 2.05) is 60.7 Å². The second kappa shape index (κ2) is 9.39. The van der Waals surface area contributed by atoms with Gasteiger partial charge in [0.05, 0.1) is 11.4 Å². The zero-order chi connectivity index (χ0) is 23.4. The maximum atomic E-state index is 13.8. The highest BCUT2D eigenvalue weighted by atomic mass is 19.1. The van der Waals surface area contributed by atoms with Crippen molar-refractivity contribution in [3.05, 3.63) is 96.3 Å². The number of carbonyl (C=O) groups is 2. The van der Waals surface area contributed by atoms with Crippen LogP contribution in [0.4, 0.5) is 14.5 Å².